The van der Waals surface area contributed by atoms with Crippen molar-refractivity contribution in [2.45, 2.75) is 38.3 Å². The third kappa shape index (κ3) is 5.23. The number of nitrogens with zero attached hydrogens (tertiary/aromatic N) is 1. The Kier molecular flexibility index (Phi) is 7.28. The molecule has 20 heavy (non-hydrogen) atoms. The minimum atomic E-state index is -3.11. The van der Waals surface area contributed by atoms with Crippen LogP contribution >= 0.6 is 11.8 Å². The number of sulfonamides is 1. The fourth-order valence-corrected chi connectivity index (χ4v) is 3.77. The molecule has 1 aliphatic rings. The molecule has 8 heteroatoms. The van der Waals surface area contributed by atoms with Gasteiger partial charge < -0.3 is 11.1 Å². The van der Waals surface area contributed by atoms with Crippen LogP contribution in [0.3, 0.4) is 0 Å². The Bertz CT molecular complexity index is 406. The number of amides is 1. The average Bonchev–Trinajstić information content (AvgIpc) is 2.45. The van der Waals surface area contributed by atoms with Crippen LogP contribution in [0.15, 0.2) is 0 Å². The monoisotopic (exact) mass is 323 g/mol. The van der Waals surface area contributed by atoms with Crippen molar-refractivity contribution >= 4 is 27.7 Å². The first-order valence-electron chi connectivity index (χ1n) is 6.93. The maximum absolute atomic E-state index is 11.9. The molecule has 0 radical (unpaired) electrons. The summed E-state index contributed by atoms with van der Waals surface area (Å²) < 4.78 is 25.0. The molecule has 0 saturated carbocycles. The van der Waals surface area contributed by atoms with Gasteiger partial charge in [-0.05, 0) is 38.2 Å². The van der Waals surface area contributed by atoms with Crippen molar-refractivity contribution in [1.82, 2.24) is 9.62 Å². The highest BCUT2D eigenvalue weighted by Gasteiger charge is 2.28. The molecule has 0 spiro atoms. The summed E-state index contributed by atoms with van der Waals surface area (Å²) in [5.41, 5.74) is 5.81. The van der Waals surface area contributed by atoms with Gasteiger partial charge in [-0.1, -0.05) is 0 Å². The van der Waals surface area contributed by atoms with Crippen molar-refractivity contribution in [1.29, 1.82) is 0 Å². The second kappa shape index (κ2) is 8.21. The highest BCUT2D eigenvalue weighted by Crippen LogP contribution is 2.14. The standard InChI is InChI=1S/C12H25N3O3S2/c1-3-20(17,18)15-7-4-10(5-8-15)14-12(16)11(13)6-9-19-2/h10-11H,3-9,13H2,1-2H3,(H,14,16)/t11-/m0/s1. The maximum Gasteiger partial charge on any atom is 0.237 e. The lowest BCUT2D eigenvalue weighted by Crippen LogP contribution is -2.50. The van der Waals surface area contributed by atoms with Crippen LogP contribution in [0.2, 0.25) is 0 Å². The van der Waals surface area contributed by atoms with E-state index in [9.17, 15) is 13.2 Å². The molecule has 6 nitrogen and oxygen atoms in total. The summed E-state index contributed by atoms with van der Waals surface area (Å²) in [5.74, 6) is 0.863. The van der Waals surface area contributed by atoms with Gasteiger partial charge in [0, 0.05) is 19.1 Å². The number of nitrogens with two attached hydrogens (primary N) is 1. The van der Waals surface area contributed by atoms with E-state index < -0.39 is 16.1 Å². The molecule has 1 heterocycles. The summed E-state index contributed by atoms with van der Waals surface area (Å²) >= 11 is 1.67. The predicted octanol–water partition coefficient (Wildman–Crippen LogP) is -0.00290. The molecule has 118 valence electrons. The first kappa shape index (κ1) is 17.7. The Morgan fingerprint density at radius 3 is 2.55 bits per heavy atom. The third-order valence-electron chi connectivity index (χ3n) is 3.53. The molecular formula is C12H25N3O3S2. The smallest absolute Gasteiger partial charge is 0.237 e. The zero-order chi connectivity index (χ0) is 15.2. The normalized spacial score (nSPS) is 19.8. The molecular weight excluding hydrogens is 298 g/mol. The van der Waals surface area contributed by atoms with Gasteiger partial charge in [0.05, 0.1) is 11.8 Å². The van der Waals surface area contributed by atoms with Crippen molar-refractivity contribution in [2.24, 2.45) is 5.73 Å². The van der Waals surface area contributed by atoms with Crippen LogP contribution in [0.5, 0.6) is 0 Å². The van der Waals surface area contributed by atoms with Crippen molar-refractivity contribution in [3.63, 3.8) is 0 Å². The minimum Gasteiger partial charge on any atom is -0.352 e. The van der Waals surface area contributed by atoms with Crippen LogP contribution in [-0.4, -0.2) is 61.6 Å². The van der Waals surface area contributed by atoms with Crippen molar-refractivity contribution in [3.8, 4) is 0 Å². The lowest BCUT2D eigenvalue weighted by Gasteiger charge is -2.31. The van der Waals surface area contributed by atoms with E-state index in [4.69, 9.17) is 5.73 Å². The molecule has 1 atom stereocenters. The third-order valence-corrected chi connectivity index (χ3v) is 6.05. The molecule has 0 unspecified atom stereocenters. The molecule has 1 saturated heterocycles. The number of thioether (sulfide) groups is 1. The van der Waals surface area contributed by atoms with E-state index >= 15 is 0 Å². The molecule has 1 amide bonds. The Balaban J connectivity index is 2.37. The van der Waals surface area contributed by atoms with E-state index in [1.807, 2.05) is 6.26 Å². The van der Waals surface area contributed by atoms with E-state index in [0.717, 1.165) is 5.75 Å². The summed E-state index contributed by atoms with van der Waals surface area (Å²) in [7, 11) is -3.11. The van der Waals surface area contributed by atoms with Crippen LogP contribution in [0.25, 0.3) is 0 Å². The Hall–Kier alpha value is -0.310. The van der Waals surface area contributed by atoms with Gasteiger partial charge in [0.15, 0.2) is 0 Å². The maximum atomic E-state index is 11.9. The zero-order valence-electron chi connectivity index (χ0n) is 12.2. The first-order chi connectivity index (χ1) is 9.40. The molecule has 0 bridgehead atoms. The van der Waals surface area contributed by atoms with Crippen LogP contribution < -0.4 is 11.1 Å². The molecule has 0 aromatic rings. The van der Waals surface area contributed by atoms with Gasteiger partial charge >= 0.3 is 0 Å². The van der Waals surface area contributed by atoms with E-state index in [-0.39, 0.29) is 17.7 Å². The van der Waals surface area contributed by atoms with Crippen LogP contribution in [0.1, 0.15) is 26.2 Å². The van der Waals surface area contributed by atoms with E-state index in [2.05, 4.69) is 5.32 Å². The van der Waals surface area contributed by atoms with Crippen molar-refractivity contribution < 1.29 is 13.2 Å². The van der Waals surface area contributed by atoms with Gasteiger partial charge in [-0.15, -0.1) is 0 Å². The Morgan fingerprint density at radius 1 is 1.45 bits per heavy atom. The molecule has 3 N–H and O–H groups in total. The number of piperidine rings is 1. The van der Waals surface area contributed by atoms with Crippen LogP contribution in [0.4, 0.5) is 0 Å². The molecule has 0 aliphatic carbocycles. The van der Waals surface area contributed by atoms with Gasteiger partial charge in [0.1, 0.15) is 0 Å². The topological polar surface area (TPSA) is 92.5 Å². The van der Waals surface area contributed by atoms with Crippen molar-refractivity contribution in [2.75, 3.05) is 30.9 Å². The fraction of sp³-hybridized carbons (Fsp3) is 0.917. The summed E-state index contributed by atoms with van der Waals surface area (Å²) in [6.45, 7) is 2.59. The lowest BCUT2D eigenvalue weighted by atomic mass is 10.1. The summed E-state index contributed by atoms with van der Waals surface area (Å²) in [6.07, 6.45) is 3.95. The summed E-state index contributed by atoms with van der Waals surface area (Å²) in [6, 6.07) is -0.439. The minimum absolute atomic E-state index is 0.0335. The zero-order valence-corrected chi connectivity index (χ0v) is 13.8. The highest BCUT2D eigenvalue weighted by molar-refractivity contribution is 7.98. The van der Waals surface area contributed by atoms with E-state index in [1.54, 1.807) is 18.7 Å². The van der Waals surface area contributed by atoms with Gasteiger partial charge in [0.2, 0.25) is 15.9 Å². The summed E-state index contributed by atoms with van der Waals surface area (Å²) in [4.78, 5) is 11.9. The quantitative estimate of drug-likeness (QED) is 0.688. The first-order valence-corrected chi connectivity index (χ1v) is 9.93. The van der Waals surface area contributed by atoms with Gasteiger partial charge in [-0.2, -0.15) is 11.8 Å². The lowest BCUT2D eigenvalue weighted by molar-refractivity contribution is -0.123. The SMILES string of the molecule is CCS(=O)(=O)N1CCC(NC(=O)[C@@H](N)CCSC)CC1. The second-order valence-corrected chi connectivity index (χ2v) is 8.21. The number of hydrogen-bond donors (Lipinski definition) is 2. The Labute approximate surface area is 125 Å². The second-order valence-electron chi connectivity index (χ2n) is 4.97. The van der Waals surface area contributed by atoms with Gasteiger partial charge in [-0.3, -0.25) is 4.79 Å². The predicted molar refractivity (Wildman–Crippen MR) is 83.2 cm³/mol. The Morgan fingerprint density at radius 2 is 2.05 bits per heavy atom. The number of carbonyl (C=O) groups excluding carboxylic acids is 1. The van der Waals surface area contributed by atoms with Crippen LogP contribution in [-0.2, 0) is 14.8 Å². The highest BCUT2D eigenvalue weighted by atomic mass is 32.2. The number of nitrogens with one attached hydrogen (secondary N) is 1. The number of hydrogen-bond acceptors (Lipinski definition) is 5. The molecule has 1 fully saturated rings. The number of carbonyl (C=O) groups is 1. The van der Waals surface area contributed by atoms with Crippen LogP contribution in [0, 0.1) is 0 Å². The van der Waals surface area contributed by atoms with E-state index in [0.29, 0.717) is 32.4 Å². The number of rotatable bonds is 7. The molecule has 1 rings (SSSR count). The molecule has 0 aromatic carbocycles. The van der Waals surface area contributed by atoms with Gasteiger partial charge in [0.25, 0.3) is 0 Å². The molecule has 0 aromatic heterocycles. The average molecular weight is 323 g/mol. The van der Waals surface area contributed by atoms with Gasteiger partial charge in [-0.25, -0.2) is 12.7 Å². The fourth-order valence-electron chi connectivity index (χ4n) is 2.15. The van der Waals surface area contributed by atoms with Crippen molar-refractivity contribution in [3.05, 3.63) is 0 Å². The largest absolute Gasteiger partial charge is 0.352 e. The summed E-state index contributed by atoms with van der Waals surface area (Å²) in [5, 5.41) is 2.92. The van der Waals surface area contributed by atoms with E-state index in [1.165, 1.54) is 4.31 Å². The molecule has 1 aliphatic heterocycles.